The van der Waals surface area contributed by atoms with E-state index in [1.54, 1.807) is 43.3 Å². The molecule has 0 aromatic heterocycles. The Morgan fingerprint density at radius 2 is 1.80 bits per heavy atom. The fourth-order valence-corrected chi connectivity index (χ4v) is 2.17. The van der Waals surface area contributed by atoms with Gasteiger partial charge in [-0.15, -0.1) is 0 Å². The number of carbonyl (C=O) groups excluding carboxylic acids is 1. The van der Waals surface area contributed by atoms with E-state index >= 15 is 0 Å². The topological polar surface area (TPSA) is 26.3 Å². The van der Waals surface area contributed by atoms with Crippen LogP contribution in [0.5, 0.6) is 5.75 Å². The molecule has 0 saturated carbocycles. The first-order valence-electron chi connectivity index (χ1n) is 5.89. The largest absolute Gasteiger partial charge is 0.482 e. The summed E-state index contributed by atoms with van der Waals surface area (Å²) in [5.74, 6) is -0.254. The third-order valence-corrected chi connectivity index (χ3v) is 3.87. The van der Waals surface area contributed by atoms with Crippen LogP contribution < -0.4 is 4.74 Å². The molecule has 0 aliphatic carbocycles. The number of benzene rings is 2. The molecule has 2 aromatic rings. The van der Waals surface area contributed by atoms with Crippen LogP contribution in [-0.4, -0.2) is 11.9 Å². The molecule has 0 amide bonds. The molecule has 5 heteroatoms. The van der Waals surface area contributed by atoms with E-state index in [2.05, 4.69) is 31.9 Å². The van der Waals surface area contributed by atoms with Gasteiger partial charge in [0.1, 0.15) is 11.6 Å². The van der Waals surface area contributed by atoms with Crippen LogP contribution in [0.2, 0.25) is 0 Å². The molecule has 104 valence electrons. The fourth-order valence-electron chi connectivity index (χ4n) is 1.66. The molecule has 0 fully saturated rings. The Bertz CT molecular complexity index is 626. The van der Waals surface area contributed by atoms with Crippen LogP contribution in [0.25, 0.3) is 0 Å². The van der Waals surface area contributed by atoms with Crippen LogP contribution in [0.1, 0.15) is 17.3 Å². The summed E-state index contributed by atoms with van der Waals surface area (Å²) in [6.45, 7) is 1.64. The molecule has 20 heavy (non-hydrogen) atoms. The SMILES string of the molecule is CC(Oc1ccc(Br)c(F)c1)C(=O)c1ccc(Br)cc1. The molecule has 0 radical (unpaired) electrons. The minimum absolute atomic E-state index is 0.152. The minimum Gasteiger partial charge on any atom is -0.482 e. The Balaban J connectivity index is 2.11. The molecule has 2 rings (SSSR count). The van der Waals surface area contributed by atoms with Gasteiger partial charge in [-0.3, -0.25) is 4.79 Å². The molecular weight excluding hydrogens is 391 g/mol. The Labute approximate surface area is 133 Å². The second kappa shape index (κ2) is 6.50. The van der Waals surface area contributed by atoms with Gasteiger partial charge in [-0.1, -0.05) is 28.1 Å². The molecule has 0 heterocycles. The predicted molar refractivity (Wildman–Crippen MR) is 82.7 cm³/mol. The van der Waals surface area contributed by atoms with Gasteiger partial charge in [0.05, 0.1) is 4.47 Å². The molecule has 2 nitrogen and oxygen atoms in total. The number of hydrogen-bond donors (Lipinski definition) is 0. The van der Waals surface area contributed by atoms with E-state index in [-0.39, 0.29) is 5.78 Å². The summed E-state index contributed by atoms with van der Waals surface area (Å²) in [5.41, 5.74) is 0.554. The summed E-state index contributed by atoms with van der Waals surface area (Å²) in [5, 5.41) is 0. The first kappa shape index (κ1) is 15.2. The second-order valence-corrected chi connectivity index (χ2v) is 5.98. The van der Waals surface area contributed by atoms with Gasteiger partial charge < -0.3 is 4.74 Å². The normalized spacial score (nSPS) is 12.0. The van der Waals surface area contributed by atoms with Crippen LogP contribution in [0.3, 0.4) is 0 Å². The Hall–Kier alpha value is -1.20. The van der Waals surface area contributed by atoms with E-state index in [9.17, 15) is 9.18 Å². The van der Waals surface area contributed by atoms with E-state index in [0.717, 1.165) is 4.47 Å². The summed E-state index contributed by atoms with van der Waals surface area (Å²) >= 11 is 6.38. The van der Waals surface area contributed by atoms with Gasteiger partial charge >= 0.3 is 0 Å². The minimum atomic E-state index is -0.684. The molecule has 0 spiro atoms. The molecular formula is C15H11Br2FO2. The van der Waals surface area contributed by atoms with Crippen molar-refractivity contribution >= 4 is 37.6 Å². The van der Waals surface area contributed by atoms with Crippen molar-refractivity contribution in [3.05, 3.63) is 62.8 Å². The number of carbonyl (C=O) groups is 1. The van der Waals surface area contributed by atoms with Crippen molar-refractivity contribution < 1.29 is 13.9 Å². The standard InChI is InChI=1S/C15H11Br2FO2/c1-9(15(19)10-2-4-11(16)5-3-10)20-12-6-7-13(17)14(18)8-12/h2-9H,1H3. The van der Waals surface area contributed by atoms with Crippen LogP contribution in [0.15, 0.2) is 51.4 Å². The molecule has 0 saturated heterocycles. The number of ether oxygens (including phenoxy) is 1. The highest BCUT2D eigenvalue weighted by atomic mass is 79.9. The maximum atomic E-state index is 13.4. The van der Waals surface area contributed by atoms with Crippen molar-refractivity contribution in [3.8, 4) is 5.75 Å². The van der Waals surface area contributed by atoms with Gasteiger partial charge in [-0.2, -0.15) is 0 Å². The summed E-state index contributed by atoms with van der Waals surface area (Å²) < 4.78 is 20.1. The lowest BCUT2D eigenvalue weighted by molar-refractivity contribution is 0.0817. The summed E-state index contributed by atoms with van der Waals surface area (Å²) in [4.78, 5) is 12.2. The Kier molecular flexibility index (Phi) is 4.94. The first-order chi connectivity index (χ1) is 9.47. The van der Waals surface area contributed by atoms with Crippen molar-refractivity contribution in [2.75, 3.05) is 0 Å². The average molecular weight is 402 g/mol. The number of halogens is 3. The van der Waals surface area contributed by atoms with E-state index < -0.39 is 11.9 Å². The van der Waals surface area contributed by atoms with Crippen LogP contribution >= 0.6 is 31.9 Å². The highest BCUT2D eigenvalue weighted by Crippen LogP contribution is 2.22. The number of rotatable bonds is 4. The fraction of sp³-hybridized carbons (Fsp3) is 0.133. The van der Waals surface area contributed by atoms with Crippen molar-refractivity contribution in [3.63, 3.8) is 0 Å². The van der Waals surface area contributed by atoms with Gasteiger partial charge in [0, 0.05) is 16.1 Å². The molecule has 0 bridgehead atoms. The van der Waals surface area contributed by atoms with Gasteiger partial charge in [-0.05, 0) is 47.1 Å². The number of Topliss-reactive ketones (excluding diaryl/α,β-unsaturated/α-hetero) is 1. The number of ketones is 1. The van der Waals surface area contributed by atoms with Crippen molar-refractivity contribution in [1.29, 1.82) is 0 Å². The highest BCUT2D eigenvalue weighted by molar-refractivity contribution is 9.10. The van der Waals surface area contributed by atoms with Gasteiger partial charge in [0.15, 0.2) is 6.10 Å². The van der Waals surface area contributed by atoms with Crippen LogP contribution in [-0.2, 0) is 0 Å². The van der Waals surface area contributed by atoms with Gasteiger partial charge in [0.25, 0.3) is 0 Å². The average Bonchev–Trinajstić information content (AvgIpc) is 2.43. The summed E-state index contributed by atoms with van der Waals surface area (Å²) in [6.07, 6.45) is -0.684. The van der Waals surface area contributed by atoms with E-state index in [4.69, 9.17) is 4.74 Å². The van der Waals surface area contributed by atoms with E-state index in [1.165, 1.54) is 6.07 Å². The Morgan fingerprint density at radius 3 is 2.40 bits per heavy atom. The molecule has 0 aliphatic rings. The molecule has 1 atom stereocenters. The molecule has 2 aromatic carbocycles. The van der Waals surface area contributed by atoms with Crippen LogP contribution in [0.4, 0.5) is 4.39 Å². The quantitative estimate of drug-likeness (QED) is 0.673. The smallest absolute Gasteiger partial charge is 0.202 e. The maximum Gasteiger partial charge on any atom is 0.202 e. The zero-order chi connectivity index (χ0) is 14.7. The highest BCUT2D eigenvalue weighted by Gasteiger charge is 2.17. The van der Waals surface area contributed by atoms with Crippen molar-refractivity contribution in [2.24, 2.45) is 0 Å². The first-order valence-corrected chi connectivity index (χ1v) is 7.47. The zero-order valence-corrected chi connectivity index (χ0v) is 13.7. The van der Waals surface area contributed by atoms with Crippen molar-refractivity contribution in [1.82, 2.24) is 0 Å². The maximum absolute atomic E-state index is 13.4. The molecule has 1 unspecified atom stereocenters. The van der Waals surface area contributed by atoms with Gasteiger partial charge in [-0.25, -0.2) is 4.39 Å². The lowest BCUT2D eigenvalue weighted by Crippen LogP contribution is -2.23. The predicted octanol–water partition coefficient (Wildman–Crippen LogP) is 5.00. The van der Waals surface area contributed by atoms with Gasteiger partial charge in [0.2, 0.25) is 5.78 Å². The monoisotopic (exact) mass is 400 g/mol. The molecule has 0 aliphatic heterocycles. The zero-order valence-electron chi connectivity index (χ0n) is 10.6. The van der Waals surface area contributed by atoms with Crippen LogP contribution in [0, 0.1) is 5.82 Å². The van der Waals surface area contributed by atoms with Crippen molar-refractivity contribution in [2.45, 2.75) is 13.0 Å². The van der Waals surface area contributed by atoms with E-state index in [1.807, 2.05) is 0 Å². The lowest BCUT2D eigenvalue weighted by Gasteiger charge is -2.14. The Morgan fingerprint density at radius 1 is 1.15 bits per heavy atom. The second-order valence-electron chi connectivity index (χ2n) is 4.21. The molecule has 0 N–H and O–H groups in total. The van der Waals surface area contributed by atoms with E-state index in [0.29, 0.717) is 15.8 Å². The third-order valence-electron chi connectivity index (χ3n) is 2.70. The number of hydrogen-bond acceptors (Lipinski definition) is 2. The summed E-state index contributed by atoms with van der Waals surface area (Å²) in [7, 11) is 0. The lowest BCUT2D eigenvalue weighted by atomic mass is 10.1. The summed E-state index contributed by atoms with van der Waals surface area (Å²) in [6, 6.07) is 11.4. The third kappa shape index (κ3) is 3.67.